The number of allylic oxidation sites excluding steroid dienone is 2. The van der Waals surface area contributed by atoms with Crippen molar-refractivity contribution >= 4 is 0 Å². The van der Waals surface area contributed by atoms with Crippen LogP contribution in [0, 0.1) is 0 Å². The highest BCUT2D eigenvalue weighted by Crippen LogP contribution is 2.15. The number of hydrogen-bond donors (Lipinski definition) is 1. The van der Waals surface area contributed by atoms with Gasteiger partial charge in [-0.15, -0.1) is 0 Å². The Morgan fingerprint density at radius 1 is 1.47 bits per heavy atom. The summed E-state index contributed by atoms with van der Waals surface area (Å²) < 4.78 is 10.7. The second kappa shape index (κ2) is 5.21. The summed E-state index contributed by atoms with van der Waals surface area (Å²) >= 11 is 0. The zero-order valence-electron chi connectivity index (χ0n) is 9.29. The van der Waals surface area contributed by atoms with Crippen molar-refractivity contribution in [2.24, 2.45) is 0 Å². The van der Waals surface area contributed by atoms with E-state index >= 15 is 0 Å². The third-order valence-corrected chi connectivity index (χ3v) is 2.71. The highest BCUT2D eigenvalue weighted by molar-refractivity contribution is 5.21. The second-order valence-corrected chi connectivity index (χ2v) is 4.09. The molecule has 84 valence electrons. The summed E-state index contributed by atoms with van der Waals surface area (Å²) in [7, 11) is 0. The molecule has 0 radical (unpaired) electrons. The van der Waals surface area contributed by atoms with Gasteiger partial charge in [0.25, 0.3) is 0 Å². The van der Waals surface area contributed by atoms with E-state index in [1.54, 1.807) is 0 Å². The molecule has 2 aliphatic heterocycles. The highest BCUT2D eigenvalue weighted by Gasteiger charge is 2.21. The largest absolute Gasteiger partial charge is 0.471 e. The highest BCUT2D eigenvalue weighted by atomic mass is 16.6. The van der Waals surface area contributed by atoms with E-state index in [-0.39, 0.29) is 6.10 Å². The van der Waals surface area contributed by atoms with Crippen molar-refractivity contribution in [2.45, 2.75) is 32.3 Å². The molecule has 1 N–H and O–H groups in total. The number of dihydropyridines is 1. The third-order valence-electron chi connectivity index (χ3n) is 2.71. The Labute approximate surface area is 91.1 Å². The van der Waals surface area contributed by atoms with Gasteiger partial charge in [0.1, 0.15) is 6.10 Å². The van der Waals surface area contributed by atoms with Crippen LogP contribution in [0.15, 0.2) is 23.6 Å². The van der Waals surface area contributed by atoms with E-state index in [1.165, 1.54) is 24.8 Å². The molecule has 0 amide bonds. The lowest BCUT2D eigenvalue weighted by molar-refractivity contribution is -0.111. The first-order valence-corrected chi connectivity index (χ1v) is 5.76. The summed E-state index contributed by atoms with van der Waals surface area (Å²) in [5.41, 5.74) is 1.47. The van der Waals surface area contributed by atoms with Gasteiger partial charge in [0.2, 0.25) is 0 Å². The lowest BCUT2D eigenvalue weighted by Crippen LogP contribution is -2.38. The molecule has 0 spiro atoms. The molecule has 1 saturated heterocycles. The van der Waals surface area contributed by atoms with E-state index < -0.39 is 0 Å². The van der Waals surface area contributed by atoms with Crippen LogP contribution >= 0.6 is 0 Å². The topological polar surface area (TPSA) is 30.5 Å². The van der Waals surface area contributed by atoms with Gasteiger partial charge in [-0.05, 0) is 18.9 Å². The van der Waals surface area contributed by atoms with Gasteiger partial charge in [0, 0.05) is 6.54 Å². The maximum Gasteiger partial charge on any atom is 0.187 e. The van der Waals surface area contributed by atoms with Crippen LogP contribution in [-0.4, -0.2) is 25.9 Å². The SMILES string of the molecule is CCCCC1=CC=C(OC2COC2)NC1. The van der Waals surface area contributed by atoms with Crippen molar-refractivity contribution in [3.05, 3.63) is 23.6 Å². The molecular weight excluding hydrogens is 190 g/mol. The lowest BCUT2D eigenvalue weighted by Gasteiger charge is -2.29. The summed E-state index contributed by atoms with van der Waals surface area (Å²) in [6, 6.07) is 0. The lowest BCUT2D eigenvalue weighted by atomic mass is 10.1. The van der Waals surface area contributed by atoms with Crippen LogP contribution in [0.5, 0.6) is 0 Å². The molecule has 2 heterocycles. The summed E-state index contributed by atoms with van der Waals surface area (Å²) in [5.74, 6) is 0.892. The van der Waals surface area contributed by atoms with E-state index in [2.05, 4.69) is 18.3 Å². The molecule has 0 aromatic heterocycles. The van der Waals surface area contributed by atoms with Crippen molar-refractivity contribution in [1.82, 2.24) is 5.32 Å². The fourth-order valence-corrected chi connectivity index (χ4v) is 1.63. The Hall–Kier alpha value is -0.960. The predicted octanol–water partition coefficient (Wildman–Crippen LogP) is 1.96. The van der Waals surface area contributed by atoms with Crippen LogP contribution in [0.25, 0.3) is 0 Å². The second-order valence-electron chi connectivity index (χ2n) is 4.09. The van der Waals surface area contributed by atoms with Gasteiger partial charge in [0.05, 0.1) is 13.2 Å². The summed E-state index contributed by atoms with van der Waals surface area (Å²) in [5, 5.41) is 3.29. The van der Waals surface area contributed by atoms with E-state index in [1.807, 2.05) is 6.08 Å². The smallest absolute Gasteiger partial charge is 0.187 e. The summed E-state index contributed by atoms with van der Waals surface area (Å²) in [4.78, 5) is 0. The fourth-order valence-electron chi connectivity index (χ4n) is 1.63. The Bertz CT molecular complexity index is 267. The molecule has 2 rings (SSSR count). The average molecular weight is 209 g/mol. The Morgan fingerprint density at radius 3 is 2.87 bits per heavy atom. The van der Waals surface area contributed by atoms with Gasteiger partial charge in [-0.2, -0.15) is 0 Å². The monoisotopic (exact) mass is 209 g/mol. The van der Waals surface area contributed by atoms with Crippen LogP contribution in [0.3, 0.4) is 0 Å². The number of hydrogen-bond acceptors (Lipinski definition) is 3. The molecule has 0 aromatic carbocycles. The van der Waals surface area contributed by atoms with Crippen molar-refractivity contribution in [1.29, 1.82) is 0 Å². The molecule has 0 saturated carbocycles. The maximum absolute atomic E-state index is 5.66. The number of rotatable bonds is 5. The van der Waals surface area contributed by atoms with Crippen molar-refractivity contribution in [2.75, 3.05) is 19.8 Å². The van der Waals surface area contributed by atoms with Crippen LogP contribution in [0.2, 0.25) is 0 Å². The van der Waals surface area contributed by atoms with Crippen molar-refractivity contribution in [3.8, 4) is 0 Å². The van der Waals surface area contributed by atoms with E-state index in [0.717, 1.165) is 25.6 Å². The standard InChI is InChI=1S/C12H19NO2/c1-2-3-4-10-5-6-12(13-7-10)15-11-8-14-9-11/h5-6,11,13H,2-4,7-9H2,1H3. The van der Waals surface area contributed by atoms with E-state index in [4.69, 9.17) is 9.47 Å². The van der Waals surface area contributed by atoms with Gasteiger partial charge in [-0.3, -0.25) is 0 Å². The molecular formula is C12H19NO2. The Balaban J connectivity index is 1.77. The minimum atomic E-state index is 0.259. The van der Waals surface area contributed by atoms with Gasteiger partial charge < -0.3 is 14.8 Å². The van der Waals surface area contributed by atoms with Crippen LogP contribution in [0.4, 0.5) is 0 Å². The van der Waals surface area contributed by atoms with Crippen LogP contribution < -0.4 is 5.32 Å². The van der Waals surface area contributed by atoms with Gasteiger partial charge in [-0.1, -0.05) is 25.0 Å². The van der Waals surface area contributed by atoms with Gasteiger partial charge >= 0.3 is 0 Å². The molecule has 0 unspecified atom stereocenters. The molecule has 1 fully saturated rings. The first-order chi connectivity index (χ1) is 7.38. The maximum atomic E-state index is 5.66. The van der Waals surface area contributed by atoms with Crippen LogP contribution in [-0.2, 0) is 9.47 Å². The minimum Gasteiger partial charge on any atom is -0.471 e. The van der Waals surface area contributed by atoms with E-state index in [9.17, 15) is 0 Å². The molecule has 0 bridgehead atoms. The molecule has 0 aromatic rings. The number of unbranched alkanes of at least 4 members (excludes halogenated alkanes) is 1. The first-order valence-electron chi connectivity index (χ1n) is 5.76. The van der Waals surface area contributed by atoms with Crippen molar-refractivity contribution in [3.63, 3.8) is 0 Å². The molecule has 0 atom stereocenters. The predicted molar refractivity (Wildman–Crippen MR) is 59.4 cm³/mol. The van der Waals surface area contributed by atoms with E-state index in [0.29, 0.717) is 0 Å². The first kappa shape index (κ1) is 10.6. The van der Waals surface area contributed by atoms with Gasteiger partial charge in [-0.25, -0.2) is 0 Å². The Morgan fingerprint density at radius 2 is 2.33 bits per heavy atom. The normalized spacial score (nSPS) is 21.1. The summed E-state index contributed by atoms with van der Waals surface area (Å²) in [6.45, 7) is 4.61. The minimum absolute atomic E-state index is 0.259. The molecule has 3 heteroatoms. The average Bonchev–Trinajstić information content (AvgIpc) is 2.22. The third kappa shape index (κ3) is 2.99. The number of ether oxygens (including phenoxy) is 2. The molecule has 2 aliphatic rings. The fraction of sp³-hybridized carbons (Fsp3) is 0.667. The van der Waals surface area contributed by atoms with Crippen molar-refractivity contribution < 1.29 is 9.47 Å². The quantitative estimate of drug-likeness (QED) is 0.751. The zero-order valence-corrected chi connectivity index (χ0v) is 9.29. The Kier molecular flexibility index (Phi) is 3.67. The van der Waals surface area contributed by atoms with Crippen LogP contribution in [0.1, 0.15) is 26.2 Å². The zero-order chi connectivity index (χ0) is 10.5. The molecule has 15 heavy (non-hydrogen) atoms. The summed E-state index contributed by atoms with van der Waals surface area (Å²) in [6.07, 6.45) is 8.19. The molecule has 0 aliphatic carbocycles. The molecule has 3 nitrogen and oxygen atoms in total. The van der Waals surface area contributed by atoms with Gasteiger partial charge in [0.15, 0.2) is 5.88 Å². The number of nitrogens with one attached hydrogen (secondary N) is 1.